The molecule has 0 saturated carbocycles. The van der Waals surface area contributed by atoms with Crippen LogP contribution >= 0.6 is 0 Å². The van der Waals surface area contributed by atoms with Crippen molar-refractivity contribution in [3.63, 3.8) is 0 Å². The molecule has 11 heteroatoms. The molecule has 2 N–H and O–H groups in total. The highest BCUT2D eigenvalue weighted by molar-refractivity contribution is 5.81. The van der Waals surface area contributed by atoms with Crippen LogP contribution in [0, 0.1) is 5.41 Å². The van der Waals surface area contributed by atoms with Crippen LogP contribution in [0.1, 0.15) is 57.0 Å². The number of halogens is 4. The minimum absolute atomic E-state index is 0.0653. The Morgan fingerprint density at radius 3 is 2.46 bits per heavy atom. The number of alkyl halides is 4. The highest BCUT2D eigenvalue weighted by Crippen LogP contribution is 2.40. The summed E-state index contributed by atoms with van der Waals surface area (Å²) in [5, 5.41) is 0. The van der Waals surface area contributed by atoms with E-state index in [0.29, 0.717) is 31.0 Å². The first kappa shape index (κ1) is 28.8. The molecule has 0 radical (unpaired) electrons. The number of aromatic nitrogens is 2. The van der Waals surface area contributed by atoms with Crippen molar-refractivity contribution in [3.05, 3.63) is 66.0 Å². The van der Waals surface area contributed by atoms with E-state index in [1.165, 1.54) is 11.0 Å². The maximum atomic E-state index is 14.8. The second-order valence-electron chi connectivity index (χ2n) is 10.8. The van der Waals surface area contributed by atoms with Gasteiger partial charge in [-0.05, 0) is 30.4 Å². The largest absolute Gasteiger partial charge is 0.455 e. The molecule has 1 aromatic carbocycles. The Labute approximate surface area is 224 Å². The van der Waals surface area contributed by atoms with Crippen molar-refractivity contribution in [1.29, 1.82) is 0 Å². The molecular formula is C28H34F4N4O3. The lowest BCUT2D eigenvalue weighted by molar-refractivity contribution is -0.153. The van der Waals surface area contributed by atoms with Gasteiger partial charge in [-0.25, -0.2) is 9.37 Å². The van der Waals surface area contributed by atoms with Crippen LogP contribution in [0.2, 0.25) is 0 Å². The van der Waals surface area contributed by atoms with E-state index >= 15 is 0 Å². The van der Waals surface area contributed by atoms with Gasteiger partial charge in [0.05, 0.1) is 24.8 Å². The summed E-state index contributed by atoms with van der Waals surface area (Å²) in [5.41, 5.74) is 6.29. The van der Waals surface area contributed by atoms with Crippen LogP contribution in [0.25, 0.3) is 11.3 Å². The maximum absolute atomic E-state index is 14.8. The fourth-order valence-electron chi connectivity index (χ4n) is 4.87. The van der Waals surface area contributed by atoms with Crippen molar-refractivity contribution in [2.45, 2.75) is 64.7 Å². The van der Waals surface area contributed by atoms with Gasteiger partial charge in [0.15, 0.2) is 0 Å². The summed E-state index contributed by atoms with van der Waals surface area (Å²) in [4.78, 5) is 20.0. The van der Waals surface area contributed by atoms with E-state index in [0.717, 1.165) is 11.6 Å². The predicted octanol–water partition coefficient (Wildman–Crippen LogP) is 5.60. The fraction of sp³-hybridized carbons (Fsp3) is 0.500. The molecule has 1 aliphatic rings. The van der Waals surface area contributed by atoms with Crippen molar-refractivity contribution < 1.29 is 31.5 Å². The van der Waals surface area contributed by atoms with Gasteiger partial charge in [-0.1, -0.05) is 51.1 Å². The number of imidazole rings is 1. The van der Waals surface area contributed by atoms with Gasteiger partial charge in [0, 0.05) is 24.9 Å². The number of nitrogens with two attached hydrogens (primary N) is 1. The molecule has 4 rings (SSSR count). The van der Waals surface area contributed by atoms with E-state index in [-0.39, 0.29) is 31.3 Å². The Hall–Kier alpha value is -3.18. The lowest BCUT2D eigenvalue weighted by atomic mass is 9.84. The number of rotatable bonds is 9. The number of hydrogen-bond acceptors (Lipinski definition) is 5. The van der Waals surface area contributed by atoms with Crippen LogP contribution in [0.15, 0.2) is 53.1 Å². The van der Waals surface area contributed by atoms with Gasteiger partial charge in [0.2, 0.25) is 5.76 Å². The monoisotopic (exact) mass is 550 g/mol. The molecule has 3 aromatic rings. The van der Waals surface area contributed by atoms with E-state index < -0.39 is 35.7 Å². The Morgan fingerprint density at radius 1 is 1.18 bits per heavy atom. The average Bonchev–Trinajstić information content (AvgIpc) is 3.65. The number of benzene rings is 1. The number of carbonyl (C=O) groups is 1. The zero-order valence-corrected chi connectivity index (χ0v) is 22.2. The maximum Gasteiger partial charge on any atom is 0.449 e. The molecule has 7 nitrogen and oxygen atoms in total. The Bertz CT molecular complexity index is 1240. The van der Waals surface area contributed by atoms with Crippen molar-refractivity contribution in [2.75, 3.05) is 19.7 Å². The SMILES string of the molecule is CC(C)(C)[C@H](c1nc(-c2ccccc2)cn1Cc1ccc(C(F)(F)F)o1)N(C[C@@H](F)CN)C(=O)[C@@H]1CCCO1. The molecule has 3 atom stereocenters. The highest BCUT2D eigenvalue weighted by atomic mass is 19.4. The van der Waals surface area contributed by atoms with E-state index in [1.807, 2.05) is 51.1 Å². The van der Waals surface area contributed by atoms with Gasteiger partial charge >= 0.3 is 6.18 Å². The van der Waals surface area contributed by atoms with Crippen LogP contribution < -0.4 is 5.73 Å². The first-order chi connectivity index (χ1) is 18.4. The van der Waals surface area contributed by atoms with Crippen LogP contribution in [0.4, 0.5) is 17.6 Å². The first-order valence-electron chi connectivity index (χ1n) is 12.9. The normalized spacial score (nSPS) is 17.8. The van der Waals surface area contributed by atoms with E-state index in [2.05, 4.69) is 0 Å². The Kier molecular flexibility index (Phi) is 8.51. The van der Waals surface area contributed by atoms with Gasteiger partial charge in [0.1, 0.15) is 23.9 Å². The molecule has 2 aromatic heterocycles. The zero-order chi connectivity index (χ0) is 28.4. The molecule has 0 bridgehead atoms. The summed E-state index contributed by atoms with van der Waals surface area (Å²) in [6.45, 7) is 5.52. The third-order valence-corrected chi connectivity index (χ3v) is 6.66. The van der Waals surface area contributed by atoms with Gasteiger partial charge in [0.25, 0.3) is 5.91 Å². The Balaban J connectivity index is 1.83. The second kappa shape index (κ2) is 11.5. The van der Waals surface area contributed by atoms with Crippen molar-refractivity contribution >= 4 is 5.91 Å². The van der Waals surface area contributed by atoms with Gasteiger partial charge in [-0.2, -0.15) is 13.2 Å². The van der Waals surface area contributed by atoms with E-state index in [9.17, 15) is 22.4 Å². The molecule has 1 aliphatic heterocycles. The molecule has 0 unspecified atom stereocenters. The van der Waals surface area contributed by atoms with Gasteiger partial charge in [-0.15, -0.1) is 0 Å². The molecule has 1 amide bonds. The number of carbonyl (C=O) groups excluding carboxylic acids is 1. The van der Waals surface area contributed by atoms with Crippen LogP contribution in [-0.4, -0.2) is 52.3 Å². The lowest BCUT2D eigenvalue weighted by Gasteiger charge is -2.41. The van der Waals surface area contributed by atoms with E-state index in [4.69, 9.17) is 19.9 Å². The minimum Gasteiger partial charge on any atom is -0.455 e. The number of amides is 1. The van der Waals surface area contributed by atoms with Crippen LogP contribution in [0.3, 0.4) is 0 Å². The lowest BCUT2D eigenvalue weighted by Crippen LogP contribution is -2.49. The summed E-state index contributed by atoms with van der Waals surface area (Å²) in [5.74, 6) is -1.01. The molecule has 212 valence electrons. The standard InChI is InChI=1S/C28H34F4N4O3/c1-27(2,3)24(36(15-19(29)14-33)26(37)22-10-7-13-38-22)25-34-21(18-8-5-4-6-9-18)17-35(25)16-20-11-12-23(39-20)28(30,31)32/h4-6,8-9,11-12,17,19,22,24H,7,10,13-16,33H2,1-3H3/t19-,22-,24-/m0/s1. The fourth-order valence-corrected chi connectivity index (χ4v) is 4.87. The van der Waals surface area contributed by atoms with Crippen molar-refractivity contribution in [1.82, 2.24) is 14.5 Å². The molecule has 3 heterocycles. The predicted molar refractivity (Wildman–Crippen MR) is 137 cm³/mol. The first-order valence-corrected chi connectivity index (χ1v) is 12.9. The van der Waals surface area contributed by atoms with E-state index in [1.54, 1.807) is 10.8 Å². The number of nitrogens with zero attached hydrogens (tertiary/aromatic N) is 3. The molecule has 0 aliphatic carbocycles. The molecule has 1 saturated heterocycles. The molecule has 0 spiro atoms. The zero-order valence-electron chi connectivity index (χ0n) is 22.2. The van der Waals surface area contributed by atoms with Crippen LogP contribution in [-0.2, 0) is 22.3 Å². The molecule has 39 heavy (non-hydrogen) atoms. The third kappa shape index (κ3) is 6.70. The summed E-state index contributed by atoms with van der Waals surface area (Å²) in [6.07, 6.45) is -3.88. The third-order valence-electron chi connectivity index (χ3n) is 6.66. The van der Waals surface area contributed by atoms with Gasteiger partial charge in [-0.3, -0.25) is 4.79 Å². The van der Waals surface area contributed by atoms with Crippen LogP contribution in [0.5, 0.6) is 0 Å². The summed E-state index contributed by atoms with van der Waals surface area (Å²) in [7, 11) is 0. The van der Waals surface area contributed by atoms with Crippen molar-refractivity contribution in [3.8, 4) is 11.3 Å². The number of furan rings is 1. The average molecular weight is 551 g/mol. The number of ether oxygens (including phenoxy) is 1. The summed E-state index contributed by atoms with van der Waals surface area (Å²) in [6, 6.07) is 10.7. The molecule has 1 fully saturated rings. The smallest absolute Gasteiger partial charge is 0.449 e. The second-order valence-corrected chi connectivity index (χ2v) is 10.8. The highest BCUT2D eigenvalue weighted by Gasteiger charge is 2.42. The summed E-state index contributed by atoms with van der Waals surface area (Å²) >= 11 is 0. The summed E-state index contributed by atoms with van der Waals surface area (Å²) < 4.78 is 66.9. The molecular weight excluding hydrogens is 516 g/mol. The minimum atomic E-state index is -4.62. The number of hydrogen-bond donors (Lipinski definition) is 1. The Morgan fingerprint density at radius 2 is 1.90 bits per heavy atom. The van der Waals surface area contributed by atoms with Gasteiger partial charge < -0.3 is 24.4 Å². The topological polar surface area (TPSA) is 86.5 Å². The quantitative estimate of drug-likeness (QED) is 0.351. The van der Waals surface area contributed by atoms with Crippen molar-refractivity contribution in [2.24, 2.45) is 11.1 Å².